The summed E-state index contributed by atoms with van der Waals surface area (Å²) < 4.78 is 6.09. The predicted octanol–water partition coefficient (Wildman–Crippen LogP) is 3.62. The molecule has 2 unspecified atom stereocenters. The number of aryl methyl sites for hydroxylation is 2. The molecule has 1 fully saturated rings. The third-order valence-electron chi connectivity index (χ3n) is 4.82. The summed E-state index contributed by atoms with van der Waals surface area (Å²) in [7, 11) is 0. The molecule has 100 valence electrons. The molecule has 2 rings (SSSR count). The maximum atomic E-state index is 10.0. The first-order chi connectivity index (χ1) is 8.53. The van der Waals surface area contributed by atoms with Gasteiger partial charge in [-0.3, -0.25) is 0 Å². The fourth-order valence-corrected chi connectivity index (χ4v) is 3.02. The van der Waals surface area contributed by atoms with Gasteiger partial charge in [-0.15, -0.1) is 0 Å². The molecule has 0 aliphatic heterocycles. The standard InChI is InChI=1S/C16H24O2/c1-5-16(6-2)14(17)10-15(16)18-13-8-7-11(3)12(4)9-13/h7-9,14-15,17H,5-6,10H2,1-4H3. The van der Waals surface area contributed by atoms with Crippen molar-refractivity contribution in [1.82, 2.24) is 0 Å². The summed E-state index contributed by atoms with van der Waals surface area (Å²) >= 11 is 0. The monoisotopic (exact) mass is 248 g/mol. The quantitative estimate of drug-likeness (QED) is 0.881. The van der Waals surface area contributed by atoms with Crippen LogP contribution in [0.5, 0.6) is 5.75 Å². The summed E-state index contributed by atoms with van der Waals surface area (Å²) in [5, 5.41) is 10.0. The van der Waals surface area contributed by atoms with E-state index in [1.807, 2.05) is 6.07 Å². The minimum Gasteiger partial charge on any atom is -0.490 e. The smallest absolute Gasteiger partial charge is 0.120 e. The van der Waals surface area contributed by atoms with Crippen LogP contribution in [0.3, 0.4) is 0 Å². The number of rotatable bonds is 4. The fraction of sp³-hybridized carbons (Fsp3) is 0.625. The van der Waals surface area contributed by atoms with E-state index in [0.717, 1.165) is 25.0 Å². The summed E-state index contributed by atoms with van der Waals surface area (Å²) in [4.78, 5) is 0. The molecule has 1 saturated carbocycles. The van der Waals surface area contributed by atoms with Crippen molar-refractivity contribution in [3.63, 3.8) is 0 Å². The predicted molar refractivity (Wildman–Crippen MR) is 74.0 cm³/mol. The van der Waals surface area contributed by atoms with Crippen LogP contribution in [-0.4, -0.2) is 17.3 Å². The van der Waals surface area contributed by atoms with Gasteiger partial charge >= 0.3 is 0 Å². The van der Waals surface area contributed by atoms with Crippen molar-refractivity contribution >= 4 is 0 Å². The molecule has 0 saturated heterocycles. The third kappa shape index (κ3) is 2.03. The van der Waals surface area contributed by atoms with Crippen molar-refractivity contribution in [3.8, 4) is 5.75 Å². The second kappa shape index (κ2) is 4.93. The van der Waals surface area contributed by atoms with Crippen LogP contribution in [-0.2, 0) is 0 Å². The molecule has 0 heterocycles. The largest absolute Gasteiger partial charge is 0.490 e. The van der Waals surface area contributed by atoms with Gasteiger partial charge in [0.05, 0.1) is 6.10 Å². The summed E-state index contributed by atoms with van der Waals surface area (Å²) in [6, 6.07) is 6.22. The number of aliphatic hydroxyl groups excluding tert-OH is 1. The van der Waals surface area contributed by atoms with Crippen LogP contribution in [0, 0.1) is 19.3 Å². The molecule has 0 amide bonds. The Bertz CT molecular complexity index is 421. The highest BCUT2D eigenvalue weighted by atomic mass is 16.5. The second-order valence-electron chi connectivity index (χ2n) is 5.54. The van der Waals surface area contributed by atoms with E-state index in [4.69, 9.17) is 4.74 Å². The zero-order chi connectivity index (χ0) is 13.3. The average Bonchev–Trinajstić information content (AvgIpc) is 2.35. The molecule has 1 aliphatic rings. The van der Waals surface area contributed by atoms with Crippen LogP contribution in [0.25, 0.3) is 0 Å². The summed E-state index contributed by atoms with van der Waals surface area (Å²) in [5.74, 6) is 0.932. The molecule has 1 aromatic carbocycles. The Balaban J connectivity index is 2.12. The molecular formula is C16H24O2. The van der Waals surface area contributed by atoms with Crippen LogP contribution in [0.15, 0.2) is 18.2 Å². The molecule has 0 spiro atoms. The lowest BCUT2D eigenvalue weighted by Crippen LogP contribution is -2.59. The van der Waals surface area contributed by atoms with Crippen molar-refractivity contribution < 1.29 is 9.84 Å². The highest BCUT2D eigenvalue weighted by molar-refractivity contribution is 5.34. The molecule has 0 aromatic heterocycles. The molecular weight excluding hydrogens is 224 g/mol. The van der Waals surface area contributed by atoms with E-state index >= 15 is 0 Å². The SMILES string of the molecule is CCC1(CC)C(O)CC1Oc1ccc(C)c(C)c1. The van der Waals surface area contributed by atoms with Crippen molar-refractivity contribution in [2.45, 2.75) is 59.2 Å². The lowest BCUT2D eigenvalue weighted by atomic mass is 9.60. The minimum absolute atomic E-state index is 0.0429. The Kier molecular flexibility index (Phi) is 3.67. The first kappa shape index (κ1) is 13.4. The molecule has 2 heteroatoms. The highest BCUT2D eigenvalue weighted by Crippen LogP contribution is 2.48. The van der Waals surface area contributed by atoms with Gasteiger partial charge in [-0.2, -0.15) is 0 Å². The van der Waals surface area contributed by atoms with Crippen LogP contribution in [0.1, 0.15) is 44.2 Å². The van der Waals surface area contributed by atoms with Crippen molar-refractivity contribution in [1.29, 1.82) is 0 Å². The lowest BCUT2D eigenvalue weighted by Gasteiger charge is -2.52. The normalized spacial score (nSPS) is 25.6. The van der Waals surface area contributed by atoms with E-state index in [1.165, 1.54) is 11.1 Å². The number of hydrogen-bond donors (Lipinski definition) is 1. The maximum Gasteiger partial charge on any atom is 0.120 e. The first-order valence-corrected chi connectivity index (χ1v) is 6.95. The Hall–Kier alpha value is -1.02. The number of hydrogen-bond acceptors (Lipinski definition) is 2. The molecule has 0 radical (unpaired) electrons. The van der Waals surface area contributed by atoms with E-state index in [2.05, 4.69) is 39.8 Å². The van der Waals surface area contributed by atoms with Crippen LogP contribution in [0.4, 0.5) is 0 Å². The van der Waals surface area contributed by atoms with Gasteiger partial charge in [0.2, 0.25) is 0 Å². The van der Waals surface area contributed by atoms with Crippen LogP contribution in [0.2, 0.25) is 0 Å². The lowest BCUT2D eigenvalue weighted by molar-refractivity contribution is -0.159. The molecule has 0 bridgehead atoms. The second-order valence-corrected chi connectivity index (χ2v) is 5.54. The first-order valence-electron chi connectivity index (χ1n) is 6.95. The van der Waals surface area contributed by atoms with Gasteiger partial charge in [0.1, 0.15) is 11.9 Å². The third-order valence-corrected chi connectivity index (χ3v) is 4.82. The molecule has 2 atom stereocenters. The molecule has 1 N–H and O–H groups in total. The highest BCUT2D eigenvalue weighted by Gasteiger charge is 2.53. The molecule has 2 nitrogen and oxygen atoms in total. The number of benzene rings is 1. The van der Waals surface area contributed by atoms with Gasteiger partial charge in [-0.25, -0.2) is 0 Å². The molecule has 1 aliphatic carbocycles. The van der Waals surface area contributed by atoms with E-state index in [9.17, 15) is 5.11 Å². The number of aliphatic hydroxyl groups is 1. The van der Waals surface area contributed by atoms with Crippen molar-refractivity contribution in [2.24, 2.45) is 5.41 Å². The van der Waals surface area contributed by atoms with Gasteiger partial charge < -0.3 is 9.84 Å². The van der Waals surface area contributed by atoms with E-state index in [1.54, 1.807) is 0 Å². The van der Waals surface area contributed by atoms with Gasteiger partial charge in [0.15, 0.2) is 0 Å². The Morgan fingerprint density at radius 1 is 1.22 bits per heavy atom. The topological polar surface area (TPSA) is 29.5 Å². The zero-order valence-corrected chi connectivity index (χ0v) is 11.9. The van der Waals surface area contributed by atoms with Crippen molar-refractivity contribution in [3.05, 3.63) is 29.3 Å². The van der Waals surface area contributed by atoms with E-state index in [0.29, 0.717) is 0 Å². The fourth-order valence-electron chi connectivity index (χ4n) is 3.02. The van der Waals surface area contributed by atoms with Gasteiger partial charge in [0.25, 0.3) is 0 Å². The Morgan fingerprint density at radius 2 is 1.89 bits per heavy atom. The zero-order valence-electron chi connectivity index (χ0n) is 11.9. The van der Waals surface area contributed by atoms with E-state index < -0.39 is 0 Å². The maximum absolute atomic E-state index is 10.0. The van der Waals surface area contributed by atoms with Gasteiger partial charge in [-0.1, -0.05) is 19.9 Å². The average molecular weight is 248 g/mol. The molecule has 18 heavy (non-hydrogen) atoms. The Labute approximate surface area is 110 Å². The minimum atomic E-state index is -0.205. The molecule has 1 aromatic rings. The summed E-state index contributed by atoms with van der Waals surface area (Å²) in [5.41, 5.74) is 2.50. The van der Waals surface area contributed by atoms with Crippen LogP contribution < -0.4 is 4.74 Å². The van der Waals surface area contributed by atoms with E-state index in [-0.39, 0.29) is 17.6 Å². The Morgan fingerprint density at radius 3 is 2.39 bits per heavy atom. The van der Waals surface area contributed by atoms with Gasteiger partial charge in [0, 0.05) is 11.8 Å². The number of ether oxygens (including phenoxy) is 1. The summed E-state index contributed by atoms with van der Waals surface area (Å²) in [6.07, 6.45) is 2.66. The van der Waals surface area contributed by atoms with Crippen LogP contribution >= 0.6 is 0 Å². The van der Waals surface area contributed by atoms with Gasteiger partial charge in [-0.05, 0) is 49.9 Å². The summed E-state index contributed by atoms with van der Waals surface area (Å²) in [6.45, 7) is 8.49. The van der Waals surface area contributed by atoms with Crippen molar-refractivity contribution in [2.75, 3.05) is 0 Å².